The van der Waals surface area contributed by atoms with Crippen LogP contribution in [0.15, 0.2) is 45.6 Å². The van der Waals surface area contributed by atoms with E-state index < -0.39 is 18.0 Å². The van der Waals surface area contributed by atoms with Gasteiger partial charge in [-0.25, -0.2) is 14.4 Å². The smallest absolute Gasteiger partial charge is 0.417 e. The zero-order valence-electron chi connectivity index (χ0n) is 35.3. The Morgan fingerprint density at radius 2 is 1.52 bits per heavy atom. The second-order valence-electron chi connectivity index (χ2n) is 17.0. The number of anilines is 1. The van der Waals surface area contributed by atoms with E-state index in [2.05, 4.69) is 25.0 Å². The molecule has 5 aliphatic heterocycles. The normalized spacial score (nSPS) is 20.9. The molecule has 5 aliphatic rings. The highest BCUT2D eigenvalue weighted by molar-refractivity contribution is 5.91. The van der Waals surface area contributed by atoms with Gasteiger partial charge in [-0.1, -0.05) is 24.3 Å². The molecule has 0 unspecified atom stereocenters. The summed E-state index contributed by atoms with van der Waals surface area (Å²) in [5, 5.41) is 3.05. The number of benzene rings is 2. The van der Waals surface area contributed by atoms with E-state index in [1.54, 1.807) is 11.0 Å². The van der Waals surface area contributed by atoms with Crippen LogP contribution in [0.2, 0.25) is 0 Å². The number of aryl methyl sites for hydroxylation is 1. The highest BCUT2D eigenvalue weighted by atomic mass is 16.6. The highest BCUT2D eigenvalue weighted by Crippen LogP contribution is 2.27. The van der Waals surface area contributed by atoms with Gasteiger partial charge in [-0.3, -0.25) is 24.4 Å². The molecule has 4 amide bonds. The van der Waals surface area contributed by atoms with Crippen molar-refractivity contribution in [2.75, 3.05) is 110 Å². The van der Waals surface area contributed by atoms with Gasteiger partial charge in [0, 0.05) is 109 Å². The number of piperidine rings is 2. The van der Waals surface area contributed by atoms with Crippen molar-refractivity contribution in [3.63, 3.8) is 0 Å². The van der Waals surface area contributed by atoms with Gasteiger partial charge in [-0.05, 0) is 67.9 Å². The van der Waals surface area contributed by atoms with Crippen molar-refractivity contribution < 1.29 is 37.8 Å². The lowest BCUT2D eigenvalue weighted by Crippen LogP contribution is -2.55. The predicted molar refractivity (Wildman–Crippen MR) is 226 cm³/mol. The predicted octanol–water partition coefficient (Wildman–Crippen LogP) is 2.91. The van der Waals surface area contributed by atoms with E-state index in [4.69, 9.17) is 18.6 Å². The Morgan fingerprint density at radius 3 is 2.30 bits per heavy atom. The number of urea groups is 1. The van der Waals surface area contributed by atoms with Gasteiger partial charge in [-0.15, -0.1) is 0 Å². The Labute approximate surface area is 356 Å². The van der Waals surface area contributed by atoms with E-state index >= 15 is 0 Å². The lowest BCUT2D eigenvalue weighted by atomic mass is 9.99. The fourth-order valence-corrected chi connectivity index (χ4v) is 9.54. The van der Waals surface area contributed by atoms with Crippen LogP contribution in [-0.4, -0.2) is 181 Å². The molecule has 1 atom stereocenters. The summed E-state index contributed by atoms with van der Waals surface area (Å²) in [6, 6.07) is 11.7. The average Bonchev–Trinajstić information content (AvgIpc) is 3.58. The SMILES string of the molecule is Cc1cc(C[C@@H](OC(=O)N2CCC(N3CCc4ccccc4NC3=O)CC2)C(=O)N2CCC(N3CCN(CCC(=O)OCCN4CCOCC4)CC3)CC2)cc2oc(=O)[nH]c12. The van der Waals surface area contributed by atoms with Crippen LogP contribution in [0.5, 0.6) is 0 Å². The fourth-order valence-electron chi connectivity index (χ4n) is 9.54. The van der Waals surface area contributed by atoms with Gasteiger partial charge in [0.15, 0.2) is 11.7 Å². The summed E-state index contributed by atoms with van der Waals surface area (Å²) < 4.78 is 22.4. The largest absolute Gasteiger partial charge is 0.464 e. The number of esters is 1. The van der Waals surface area contributed by atoms with Crippen molar-refractivity contribution >= 4 is 40.8 Å². The van der Waals surface area contributed by atoms with Crippen LogP contribution in [0.1, 0.15) is 48.8 Å². The first-order chi connectivity index (χ1) is 29.7. The van der Waals surface area contributed by atoms with Crippen molar-refractivity contribution in [1.29, 1.82) is 0 Å². The molecule has 4 fully saturated rings. The summed E-state index contributed by atoms with van der Waals surface area (Å²) in [6.07, 6.45) is 2.46. The molecule has 6 heterocycles. The van der Waals surface area contributed by atoms with Crippen molar-refractivity contribution in [2.24, 2.45) is 0 Å². The Bertz CT molecular complexity index is 2060. The van der Waals surface area contributed by atoms with Crippen molar-refractivity contribution in [3.8, 4) is 0 Å². The number of carbonyl (C=O) groups is 4. The first-order valence-electron chi connectivity index (χ1n) is 22.1. The van der Waals surface area contributed by atoms with E-state index in [9.17, 15) is 24.0 Å². The maximum absolute atomic E-state index is 14.3. The zero-order chi connectivity index (χ0) is 42.3. The molecule has 0 bridgehead atoms. The molecular weight excluding hydrogens is 785 g/mol. The van der Waals surface area contributed by atoms with E-state index in [0.717, 1.165) is 101 Å². The summed E-state index contributed by atoms with van der Waals surface area (Å²) in [5.41, 5.74) is 4.44. The van der Waals surface area contributed by atoms with Gasteiger partial charge in [0.05, 0.1) is 25.2 Å². The quantitative estimate of drug-likeness (QED) is 0.256. The number of oxazole rings is 1. The number of ether oxygens (including phenoxy) is 3. The maximum Gasteiger partial charge on any atom is 0.417 e. The van der Waals surface area contributed by atoms with Gasteiger partial charge in [-0.2, -0.15) is 0 Å². The zero-order valence-corrected chi connectivity index (χ0v) is 35.3. The van der Waals surface area contributed by atoms with Gasteiger partial charge in [0.1, 0.15) is 6.61 Å². The molecule has 17 heteroatoms. The number of para-hydroxylation sites is 1. The molecule has 4 saturated heterocycles. The molecular formula is C44H60N8O9. The van der Waals surface area contributed by atoms with Gasteiger partial charge >= 0.3 is 23.8 Å². The molecule has 2 aromatic carbocycles. The lowest BCUT2D eigenvalue weighted by molar-refractivity contribution is -0.145. The molecule has 0 spiro atoms. The summed E-state index contributed by atoms with van der Waals surface area (Å²) in [4.78, 5) is 80.9. The number of aromatic nitrogens is 1. The van der Waals surface area contributed by atoms with E-state index in [0.29, 0.717) is 82.3 Å². The van der Waals surface area contributed by atoms with E-state index in [1.807, 2.05) is 47.1 Å². The minimum absolute atomic E-state index is 0.0227. The second kappa shape index (κ2) is 19.8. The third-order valence-corrected chi connectivity index (χ3v) is 13.1. The number of piperazine rings is 1. The minimum Gasteiger partial charge on any atom is -0.464 e. The molecule has 0 aliphatic carbocycles. The topological polar surface area (TPSA) is 173 Å². The van der Waals surface area contributed by atoms with Crippen LogP contribution in [0.4, 0.5) is 15.3 Å². The van der Waals surface area contributed by atoms with Gasteiger partial charge in [0.25, 0.3) is 5.91 Å². The first kappa shape index (κ1) is 42.7. The Balaban J connectivity index is 0.826. The third kappa shape index (κ3) is 10.7. The second-order valence-corrected chi connectivity index (χ2v) is 17.0. The number of nitrogens with zero attached hydrogens (tertiary/aromatic N) is 6. The average molecular weight is 845 g/mol. The Morgan fingerprint density at radius 1 is 0.820 bits per heavy atom. The summed E-state index contributed by atoms with van der Waals surface area (Å²) in [5.74, 6) is -0.949. The first-order valence-corrected chi connectivity index (χ1v) is 22.1. The molecule has 2 N–H and O–H groups in total. The molecule has 0 radical (unpaired) electrons. The fraction of sp³-hybridized carbons (Fsp3) is 0.614. The van der Waals surface area contributed by atoms with Crippen molar-refractivity contribution in [2.45, 2.75) is 70.1 Å². The maximum atomic E-state index is 14.3. The molecule has 3 aromatic rings. The summed E-state index contributed by atoms with van der Waals surface area (Å²) in [6.45, 7) is 13.0. The lowest BCUT2D eigenvalue weighted by Gasteiger charge is -2.43. The number of nitrogens with one attached hydrogen (secondary N) is 2. The number of H-pyrrole nitrogens is 1. The number of morpholine rings is 1. The van der Waals surface area contributed by atoms with Gasteiger partial charge in [0.2, 0.25) is 0 Å². The third-order valence-electron chi connectivity index (χ3n) is 13.1. The van der Waals surface area contributed by atoms with Crippen LogP contribution >= 0.6 is 0 Å². The van der Waals surface area contributed by atoms with Crippen LogP contribution in [0, 0.1) is 6.92 Å². The van der Waals surface area contributed by atoms with E-state index in [-0.39, 0.29) is 30.4 Å². The number of rotatable bonds is 12. The highest BCUT2D eigenvalue weighted by Gasteiger charge is 2.37. The van der Waals surface area contributed by atoms with Crippen molar-refractivity contribution in [3.05, 3.63) is 63.6 Å². The number of amides is 4. The van der Waals surface area contributed by atoms with Gasteiger partial charge < -0.3 is 43.5 Å². The number of likely N-dealkylation sites (tertiary alicyclic amines) is 2. The monoisotopic (exact) mass is 844 g/mol. The van der Waals surface area contributed by atoms with Crippen LogP contribution in [0.3, 0.4) is 0 Å². The number of aromatic amines is 1. The Kier molecular flexibility index (Phi) is 13.9. The van der Waals surface area contributed by atoms with E-state index in [1.165, 1.54) is 0 Å². The molecule has 0 saturated carbocycles. The number of carbonyl (C=O) groups excluding carboxylic acids is 4. The van der Waals surface area contributed by atoms with Crippen LogP contribution in [-0.2, 0) is 36.6 Å². The molecule has 8 rings (SSSR count). The molecule has 17 nitrogen and oxygen atoms in total. The van der Waals surface area contributed by atoms with Crippen molar-refractivity contribution in [1.82, 2.24) is 34.4 Å². The standard InChI is InChI=1S/C44H60N8O9/c1-31-28-32(29-37-40(31)46-43(56)60-37)30-38(61-44(57)51-15-9-35(10-16-51)52-17-6-33-4-2-3-5-36(33)45-42(52)55)41(54)50-13-7-34(8-14-50)49-20-18-47(19-21-49)12-11-39(53)59-27-24-48-22-25-58-26-23-48/h2-5,28-29,34-35,38H,6-27,30H2,1H3,(H,45,55)(H,46,56)/t38-/m1/s1. The Hall–Kier alpha value is -4.97. The van der Waals surface area contributed by atoms with Crippen LogP contribution in [0.25, 0.3) is 11.1 Å². The number of hydrogen-bond acceptors (Lipinski definition) is 12. The molecule has 330 valence electrons. The molecule has 1 aromatic heterocycles. The minimum atomic E-state index is -1.08. The number of hydrogen-bond donors (Lipinski definition) is 2. The molecule has 61 heavy (non-hydrogen) atoms. The summed E-state index contributed by atoms with van der Waals surface area (Å²) in [7, 11) is 0. The van der Waals surface area contributed by atoms with Crippen LogP contribution < -0.4 is 11.1 Å². The number of fused-ring (bicyclic) bond motifs is 2. The summed E-state index contributed by atoms with van der Waals surface area (Å²) >= 11 is 0.